The second-order valence-corrected chi connectivity index (χ2v) is 4.78. The summed E-state index contributed by atoms with van der Waals surface area (Å²) < 4.78 is 0. The molecule has 1 unspecified atom stereocenters. The second kappa shape index (κ2) is 8.01. The first-order chi connectivity index (χ1) is 10.1. The summed E-state index contributed by atoms with van der Waals surface area (Å²) in [6, 6.07) is 7.90. The van der Waals surface area contributed by atoms with Crippen molar-refractivity contribution in [3.8, 4) is 6.07 Å². The molecule has 0 aromatic heterocycles. The van der Waals surface area contributed by atoms with Gasteiger partial charge in [0.05, 0.1) is 23.9 Å². The van der Waals surface area contributed by atoms with Crippen molar-refractivity contribution in [2.75, 3.05) is 13.6 Å². The molecule has 1 amide bonds. The van der Waals surface area contributed by atoms with Crippen molar-refractivity contribution < 1.29 is 4.79 Å². The van der Waals surface area contributed by atoms with E-state index in [1.807, 2.05) is 12.1 Å². The predicted molar refractivity (Wildman–Crippen MR) is 85.5 cm³/mol. The van der Waals surface area contributed by atoms with Crippen LogP contribution < -0.4 is 5.32 Å². The fourth-order valence-electron chi connectivity index (χ4n) is 2.14. The monoisotopic (exact) mass is 283 g/mol. The Hall–Kier alpha value is -2.41. The lowest BCUT2D eigenvalue weighted by Crippen LogP contribution is -2.29. The maximum absolute atomic E-state index is 11.3. The fraction of sp³-hybridized carbons (Fsp3) is 0.353. The quantitative estimate of drug-likeness (QED) is 0.644. The molecule has 110 valence electrons. The third-order valence-corrected chi connectivity index (χ3v) is 3.53. The molecule has 0 aliphatic carbocycles. The van der Waals surface area contributed by atoms with Crippen LogP contribution in [-0.2, 0) is 4.79 Å². The third kappa shape index (κ3) is 4.03. The summed E-state index contributed by atoms with van der Waals surface area (Å²) in [5.41, 5.74) is 3.21. The number of nitrogens with one attached hydrogen (secondary N) is 1. The van der Waals surface area contributed by atoms with Crippen molar-refractivity contribution in [2.45, 2.75) is 26.2 Å². The number of carbonyl (C=O) groups excluding carboxylic acids is 1. The number of aliphatic imine (C=N–C) groups is 1. The van der Waals surface area contributed by atoms with Gasteiger partial charge in [0.15, 0.2) is 0 Å². The van der Waals surface area contributed by atoms with E-state index in [-0.39, 0.29) is 12.5 Å². The zero-order valence-electron chi connectivity index (χ0n) is 12.8. The number of nitriles is 1. The molecule has 0 saturated heterocycles. The molecule has 1 rings (SSSR count). The van der Waals surface area contributed by atoms with Gasteiger partial charge in [-0.3, -0.25) is 9.79 Å². The summed E-state index contributed by atoms with van der Waals surface area (Å²) in [5.74, 6) is 0.0656. The first-order valence-corrected chi connectivity index (χ1v) is 6.98. The van der Waals surface area contributed by atoms with Crippen LogP contribution in [0.3, 0.4) is 0 Å². The normalized spacial score (nSPS) is 12.4. The van der Waals surface area contributed by atoms with Gasteiger partial charge in [0, 0.05) is 12.6 Å². The van der Waals surface area contributed by atoms with Crippen molar-refractivity contribution in [2.24, 2.45) is 4.99 Å². The predicted octanol–water partition coefficient (Wildman–Crippen LogP) is 2.79. The Morgan fingerprint density at radius 3 is 2.81 bits per heavy atom. The summed E-state index contributed by atoms with van der Waals surface area (Å²) in [7, 11) is 1.67. The average Bonchev–Trinajstić information content (AvgIpc) is 2.54. The van der Waals surface area contributed by atoms with Gasteiger partial charge < -0.3 is 5.32 Å². The van der Waals surface area contributed by atoms with Crippen LogP contribution in [0.4, 0.5) is 0 Å². The highest BCUT2D eigenvalue weighted by atomic mass is 16.1. The van der Waals surface area contributed by atoms with Crippen LogP contribution in [0.5, 0.6) is 0 Å². The molecule has 0 aliphatic heterocycles. The molecule has 1 aromatic rings. The molecule has 0 fully saturated rings. The van der Waals surface area contributed by atoms with Crippen LogP contribution in [0.2, 0.25) is 0 Å². The summed E-state index contributed by atoms with van der Waals surface area (Å²) in [6.45, 7) is 7.93. The third-order valence-electron chi connectivity index (χ3n) is 3.53. The largest absolute Gasteiger partial charge is 0.347 e. The first-order valence-electron chi connectivity index (χ1n) is 6.98. The maximum Gasteiger partial charge on any atom is 0.243 e. The van der Waals surface area contributed by atoms with Gasteiger partial charge in [0.25, 0.3) is 0 Å². The zero-order chi connectivity index (χ0) is 15.8. The second-order valence-electron chi connectivity index (χ2n) is 4.78. The molecule has 0 heterocycles. The Morgan fingerprint density at radius 1 is 1.57 bits per heavy atom. The molecule has 4 heteroatoms. The average molecular weight is 283 g/mol. The fourth-order valence-corrected chi connectivity index (χ4v) is 2.14. The number of carbonyl (C=O) groups is 1. The van der Waals surface area contributed by atoms with Gasteiger partial charge in [-0.1, -0.05) is 32.6 Å². The standard InChI is InChI=1S/C17H21N3O/c1-5-12(3)14-9-7-8-13(10-18)17(14)15(19-4)11-20-16(21)6-2/h6-9,12H,2,5,11H2,1,3-4H3,(H,20,21). The minimum atomic E-state index is -0.254. The van der Waals surface area contributed by atoms with Crippen LogP contribution in [0.25, 0.3) is 0 Å². The van der Waals surface area contributed by atoms with Gasteiger partial charge in [0.1, 0.15) is 0 Å². The van der Waals surface area contributed by atoms with Crippen molar-refractivity contribution in [1.29, 1.82) is 5.26 Å². The van der Waals surface area contributed by atoms with E-state index in [2.05, 4.69) is 36.8 Å². The van der Waals surface area contributed by atoms with E-state index in [0.717, 1.165) is 17.5 Å². The Kier molecular flexibility index (Phi) is 6.35. The zero-order valence-corrected chi connectivity index (χ0v) is 12.8. The van der Waals surface area contributed by atoms with Gasteiger partial charge in [0.2, 0.25) is 5.91 Å². The van der Waals surface area contributed by atoms with E-state index < -0.39 is 0 Å². The van der Waals surface area contributed by atoms with Gasteiger partial charge in [-0.15, -0.1) is 0 Å². The van der Waals surface area contributed by atoms with Crippen LogP contribution >= 0.6 is 0 Å². The number of nitrogens with zero attached hydrogens (tertiary/aromatic N) is 2. The smallest absolute Gasteiger partial charge is 0.243 e. The van der Waals surface area contributed by atoms with Crippen LogP contribution in [0.15, 0.2) is 35.8 Å². The van der Waals surface area contributed by atoms with E-state index in [9.17, 15) is 10.1 Å². The highest BCUT2D eigenvalue weighted by Crippen LogP contribution is 2.25. The lowest BCUT2D eigenvalue weighted by molar-refractivity contribution is -0.116. The van der Waals surface area contributed by atoms with Crippen molar-refractivity contribution in [1.82, 2.24) is 5.32 Å². The molecular weight excluding hydrogens is 262 g/mol. The molecule has 1 N–H and O–H groups in total. The summed E-state index contributed by atoms with van der Waals surface area (Å²) in [6.07, 6.45) is 2.19. The van der Waals surface area contributed by atoms with Crippen molar-refractivity contribution in [3.05, 3.63) is 47.5 Å². The minimum absolute atomic E-state index is 0.254. The summed E-state index contributed by atoms with van der Waals surface area (Å²) >= 11 is 0. The van der Waals surface area contributed by atoms with E-state index in [1.165, 1.54) is 6.08 Å². The van der Waals surface area contributed by atoms with Gasteiger partial charge in [-0.25, -0.2) is 0 Å². The number of benzene rings is 1. The minimum Gasteiger partial charge on any atom is -0.347 e. The highest BCUT2D eigenvalue weighted by molar-refractivity contribution is 6.07. The molecule has 0 aliphatic rings. The highest BCUT2D eigenvalue weighted by Gasteiger charge is 2.17. The van der Waals surface area contributed by atoms with E-state index in [1.54, 1.807) is 13.1 Å². The lowest BCUT2D eigenvalue weighted by Gasteiger charge is -2.18. The van der Waals surface area contributed by atoms with E-state index in [4.69, 9.17) is 0 Å². The maximum atomic E-state index is 11.3. The molecule has 1 atom stereocenters. The number of amides is 1. The van der Waals surface area contributed by atoms with Crippen molar-refractivity contribution >= 4 is 11.6 Å². The molecular formula is C17H21N3O. The Morgan fingerprint density at radius 2 is 2.29 bits per heavy atom. The van der Waals surface area contributed by atoms with Crippen molar-refractivity contribution in [3.63, 3.8) is 0 Å². The van der Waals surface area contributed by atoms with Gasteiger partial charge in [-0.2, -0.15) is 5.26 Å². The SMILES string of the molecule is C=CC(=O)NCC(=NC)c1c(C#N)cccc1C(C)CC. The van der Waals surface area contributed by atoms with Crippen LogP contribution in [0.1, 0.15) is 42.9 Å². The van der Waals surface area contributed by atoms with E-state index >= 15 is 0 Å². The molecule has 0 radical (unpaired) electrons. The molecule has 1 aromatic carbocycles. The molecule has 21 heavy (non-hydrogen) atoms. The Bertz CT molecular complexity index is 597. The lowest BCUT2D eigenvalue weighted by atomic mass is 9.88. The van der Waals surface area contributed by atoms with Gasteiger partial charge >= 0.3 is 0 Å². The first kappa shape index (κ1) is 16.6. The molecule has 0 saturated carbocycles. The summed E-state index contributed by atoms with van der Waals surface area (Å²) in [4.78, 5) is 15.6. The molecule has 0 bridgehead atoms. The van der Waals surface area contributed by atoms with Crippen LogP contribution in [-0.4, -0.2) is 25.2 Å². The summed E-state index contributed by atoms with van der Waals surface area (Å²) in [5, 5.41) is 12.1. The molecule has 0 spiro atoms. The Balaban J connectivity index is 3.27. The van der Waals surface area contributed by atoms with Gasteiger partial charge in [-0.05, 0) is 30.0 Å². The van der Waals surface area contributed by atoms with Crippen LogP contribution in [0, 0.1) is 11.3 Å². The number of hydrogen-bond donors (Lipinski definition) is 1. The van der Waals surface area contributed by atoms with E-state index in [0.29, 0.717) is 17.2 Å². The topological polar surface area (TPSA) is 65.2 Å². The Labute approximate surface area is 126 Å². The number of hydrogen-bond acceptors (Lipinski definition) is 3. The molecule has 4 nitrogen and oxygen atoms in total. The number of rotatable bonds is 6.